The van der Waals surface area contributed by atoms with Crippen molar-refractivity contribution in [2.24, 2.45) is 0 Å². The predicted octanol–water partition coefficient (Wildman–Crippen LogP) is 3.92. The van der Waals surface area contributed by atoms with Gasteiger partial charge in [0.2, 0.25) is 5.91 Å². The Hall–Kier alpha value is -3.88. The van der Waals surface area contributed by atoms with E-state index in [4.69, 9.17) is 14.5 Å². The molecule has 1 fully saturated rings. The number of rotatable bonds is 6. The zero-order chi connectivity index (χ0) is 23.7. The second-order valence-corrected chi connectivity index (χ2v) is 8.32. The van der Waals surface area contributed by atoms with Gasteiger partial charge in [0.05, 0.1) is 25.3 Å². The van der Waals surface area contributed by atoms with E-state index < -0.39 is 0 Å². The van der Waals surface area contributed by atoms with Gasteiger partial charge in [0.25, 0.3) is 0 Å². The average molecular weight is 464 g/mol. The van der Waals surface area contributed by atoms with Crippen molar-refractivity contribution in [1.82, 2.24) is 24.2 Å². The minimum Gasteiger partial charge on any atom is -0.493 e. The number of carbonyl (C=O) groups excluding carboxylic acids is 1. The second-order valence-electron chi connectivity index (χ2n) is 8.32. The van der Waals surface area contributed by atoms with Crippen molar-refractivity contribution < 1.29 is 18.7 Å². The molecule has 5 rings (SSSR count). The first-order chi connectivity index (χ1) is 16.6. The van der Waals surface area contributed by atoms with Crippen LogP contribution in [-0.4, -0.2) is 57.4 Å². The second kappa shape index (κ2) is 9.17. The SMILES string of the molecule is COc1ccc(-c2nc3cc(F)ccc3n2C2CCN(C(=O)Cn3cccn3)CC2)cc1OC. The highest BCUT2D eigenvalue weighted by atomic mass is 19.1. The molecule has 9 heteroatoms. The number of fused-ring (bicyclic) bond motifs is 1. The highest BCUT2D eigenvalue weighted by Crippen LogP contribution is 2.37. The largest absolute Gasteiger partial charge is 0.493 e. The molecule has 0 atom stereocenters. The van der Waals surface area contributed by atoms with Gasteiger partial charge in [-0.3, -0.25) is 9.48 Å². The minimum atomic E-state index is -0.324. The maximum Gasteiger partial charge on any atom is 0.244 e. The van der Waals surface area contributed by atoms with Gasteiger partial charge < -0.3 is 18.9 Å². The first-order valence-electron chi connectivity index (χ1n) is 11.2. The molecule has 1 aliphatic heterocycles. The Morgan fingerprint density at radius 3 is 2.59 bits per heavy atom. The molecule has 0 radical (unpaired) electrons. The number of halogens is 1. The third-order valence-electron chi connectivity index (χ3n) is 6.33. The molecule has 8 nitrogen and oxygen atoms in total. The molecular weight excluding hydrogens is 437 g/mol. The number of methoxy groups -OCH3 is 2. The summed E-state index contributed by atoms with van der Waals surface area (Å²) in [5.41, 5.74) is 2.32. The number of likely N-dealkylation sites (tertiary alicyclic amines) is 1. The van der Waals surface area contributed by atoms with E-state index in [9.17, 15) is 9.18 Å². The lowest BCUT2D eigenvalue weighted by molar-refractivity contribution is -0.133. The topological polar surface area (TPSA) is 74.4 Å². The summed E-state index contributed by atoms with van der Waals surface area (Å²) in [7, 11) is 3.19. The fourth-order valence-corrected chi connectivity index (χ4v) is 4.63. The Morgan fingerprint density at radius 1 is 1.09 bits per heavy atom. The molecule has 1 saturated heterocycles. The Kier molecular flexibility index (Phi) is 5.91. The summed E-state index contributed by atoms with van der Waals surface area (Å²) in [6.45, 7) is 1.51. The maximum atomic E-state index is 14.0. The Morgan fingerprint density at radius 2 is 1.88 bits per heavy atom. The molecule has 0 N–H and O–H groups in total. The highest BCUT2D eigenvalue weighted by Gasteiger charge is 2.28. The molecule has 0 unspecified atom stereocenters. The lowest BCUT2D eigenvalue weighted by atomic mass is 10.0. The number of aromatic nitrogens is 4. The summed E-state index contributed by atoms with van der Waals surface area (Å²) in [5.74, 6) is 1.70. The lowest BCUT2D eigenvalue weighted by Crippen LogP contribution is -2.40. The van der Waals surface area contributed by atoms with Crippen LogP contribution in [0.15, 0.2) is 54.9 Å². The highest BCUT2D eigenvalue weighted by molar-refractivity contribution is 5.81. The quantitative estimate of drug-likeness (QED) is 0.433. The van der Waals surface area contributed by atoms with Crippen LogP contribution in [-0.2, 0) is 11.3 Å². The van der Waals surface area contributed by atoms with Crippen LogP contribution in [0.1, 0.15) is 18.9 Å². The van der Waals surface area contributed by atoms with Crippen LogP contribution in [0.3, 0.4) is 0 Å². The zero-order valence-corrected chi connectivity index (χ0v) is 19.1. The van der Waals surface area contributed by atoms with E-state index in [0.717, 1.165) is 29.7 Å². The summed E-state index contributed by atoms with van der Waals surface area (Å²) in [4.78, 5) is 19.4. The van der Waals surface area contributed by atoms with E-state index in [0.29, 0.717) is 30.1 Å². The van der Waals surface area contributed by atoms with E-state index in [1.54, 1.807) is 37.4 Å². The van der Waals surface area contributed by atoms with Crippen LogP contribution < -0.4 is 9.47 Å². The van der Waals surface area contributed by atoms with Crippen molar-refractivity contribution in [3.63, 3.8) is 0 Å². The number of carbonyl (C=O) groups is 1. The number of amides is 1. The zero-order valence-electron chi connectivity index (χ0n) is 19.1. The van der Waals surface area contributed by atoms with Gasteiger partial charge in [-0.05, 0) is 49.2 Å². The summed E-state index contributed by atoms with van der Waals surface area (Å²) < 4.78 is 28.7. The molecule has 1 amide bonds. The molecule has 0 saturated carbocycles. The minimum absolute atomic E-state index is 0.0554. The van der Waals surface area contributed by atoms with E-state index in [1.165, 1.54) is 12.1 Å². The third-order valence-corrected chi connectivity index (χ3v) is 6.33. The standard InChI is InChI=1S/C25H26FN5O3/c1-33-22-7-4-17(14-23(22)34-2)25-28-20-15-18(26)5-6-21(20)31(25)19-8-12-29(13-9-19)24(32)16-30-11-3-10-27-30/h3-7,10-11,14-15,19H,8-9,12-13,16H2,1-2H3. The normalized spacial score (nSPS) is 14.5. The number of nitrogens with zero attached hydrogens (tertiary/aromatic N) is 5. The lowest BCUT2D eigenvalue weighted by Gasteiger charge is -2.33. The number of ether oxygens (including phenoxy) is 2. The number of hydrogen-bond acceptors (Lipinski definition) is 5. The number of piperidine rings is 1. The van der Waals surface area contributed by atoms with Crippen LogP contribution in [0.2, 0.25) is 0 Å². The molecule has 3 heterocycles. The molecule has 176 valence electrons. The van der Waals surface area contributed by atoms with Crippen molar-refractivity contribution in [2.45, 2.75) is 25.4 Å². The van der Waals surface area contributed by atoms with Crippen molar-refractivity contribution in [1.29, 1.82) is 0 Å². The first kappa shape index (κ1) is 21.9. The van der Waals surface area contributed by atoms with Gasteiger partial charge in [-0.15, -0.1) is 0 Å². The Labute approximate surface area is 196 Å². The third kappa shape index (κ3) is 4.09. The summed E-state index contributed by atoms with van der Waals surface area (Å²) >= 11 is 0. The van der Waals surface area contributed by atoms with E-state index in [-0.39, 0.29) is 24.3 Å². The van der Waals surface area contributed by atoms with Crippen molar-refractivity contribution in [2.75, 3.05) is 27.3 Å². The van der Waals surface area contributed by atoms with E-state index in [2.05, 4.69) is 9.67 Å². The van der Waals surface area contributed by atoms with Crippen LogP contribution in [0.25, 0.3) is 22.4 Å². The first-order valence-corrected chi connectivity index (χ1v) is 11.2. The van der Waals surface area contributed by atoms with Crippen molar-refractivity contribution in [3.05, 3.63) is 60.7 Å². The Bertz CT molecular complexity index is 1310. The summed E-state index contributed by atoms with van der Waals surface area (Å²) in [6.07, 6.45) is 5.00. The van der Waals surface area contributed by atoms with Crippen molar-refractivity contribution in [3.8, 4) is 22.9 Å². The van der Waals surface area contributed by atoms with Gasteiger partial charge in [0.15, 0.2) is 11.5 Å². The molecular formula is C25H26FN5O3. The van der Waals surface area contributed by atoms with Gasteiger partial charge in [0, 0.05) is 43.2 Å². The molecule has 0 aliphatic carbocycles. The molecule has 0 spiro atoms. The monoisotopic (exact) mass is 463 g/mol. The fraction of sp³-hybridized carbons (Fsp3) is 0.320. The predicted molar refractivity (Wildman–Crippen MR) is 125 cm³/mol. The van der Waals surface area contributed by atoms with Gasteiger partial charge in [-0.25, -0.2) is 9.37 Å². The Balaban J connectivity index is 1.46. The fourth-order valence-electron chi connectivity index (χ4n) is 4.63. The van der Waals surface area contributed by atoms with Crippen molar-refractivity contribution >= 4 is 16.9 Å². The number of imidazole rings is 1. The molecule has 2 aromatic heterocycles. The van der Waals surface area contributed by atoms with Gasteiger partial charge in [-0.2, -0.15) is 5.10 Å². The number of benzene rings is 2. The van der Waals surface area contributed by atoms with Crippen LogP contribution in [0.4, 0.5) is 4.39 Å². The van der Waals surface area contributed by atoms with Crippen LogP contribution in [0, 0.1) is 5.82 Å². The van der Waals surface area contributed by atoms with Crippen LogP contribution >= 0.6 is 0 Å². The smallest absolute Gasteiger partial charge is 0.244 e. The molecule has 34 heavy (non-hydrogen) atoms. The molecule has 1 aliphatic rings. The van der Waals surface area contributed by atoms with Gasteiger partial charge in [-0.1, -0.05) is 0 Å². The van der Waals surface area contributed by atoms with Gasteiger partial charge in [0.1, 0.15) is 18.2 Å². The summed E-state index contributed by atoms with van der Waals surface area (Å²) in [5, 5.41) is 4.13. The maximum absolute atomic E-state index is 14.0. The molecule has 4 aromatic rings. The molecule has 0 bridgehead atoms. The van der Waals surface area contributed by atoms with Gasteiger partial charge >= 0.3 is 0 Å². The number of hydrogen-bond donors (Lipinski definition) is 0. The summed E-state index contributed by atoms with van der Waals surface area (Å²) in [6, 6.07) is 12.3. The molecule has 2 aromatic carbocycles. The van der Waals surface area contributed by atoms with E-state index >= 15 is 0 Å². The van der Waals surface area contributed by atoms with E-state index in [1.807, 2.05) is 29.2 Å². The average Bonchev–Trinajstić information content (AvgIpc) is 3.51. The van der Waals surface area contributed by atoms with Crippen LogP contribution in [0.5, 0.6) is 11.5 Å².